The van der Waals surface area contributed by atoms with Gasteiger partial charge in [-0.25, -0.2) is 0 Å². The molecule has 0 amide bonds. The summed E-state index contributed by atoms with van der Waals surface area (Å²) in [7, 11) is 0. The molecule has 1 rings (SSSR count). The van der Waals surface area contributed by atoms with Gasteiger partial charge in [-0.05, 0) is 12.8 Å². The average molecular weight is 119 g/mol. The Bertz CT molecular complexity index is 82.2. The highest BCUT2D eigenvalue weighted by Crippen LogP contribution is 2.17. The molecule has 0 aromatic heterocycles. The minimum atomic E-state index is 0. The van der Waals surface area contributed by atoms with Crippen molar-refractivity contribution in [3.05, 3.63) is 0 Å². The van der Waals surface area contributed by atoms with Crippen LogP contribution < -0.4 is 5.32 Å². The Morgan fingerprint density at radius 1 is 1.57 bits per heavy atom. The molecule has 40 valence electrons. The Morgan fingerprint density at radius 2 is 2.14 bits per heavy atom. The first-order chi connectivity index (χ1) is 2.93. The van der Waals surface area contributed by atoms with E-state index in [-0.39, 0.29) is 12.4 Å². The van der Waals surface area contributed by atoms with E-state index in [1.165, 1.54) is 12.8 Å². The SMILES string of the molecule is Cl.N#CNC1CC1. The van der Waals surface area contributed by atoms with Crippen LogP contribution in [0.5, 0.6) is 0 Å². The van der Waals surface area contributed by atoms with Gasteiger partial charge in [-0.15, -0.1) is 12.4 Å². The molecule has 0 radical (unpaired) electrons. The van der Waals surface area contributed by atoms with Crippen molar-refractivity contribution in [3.8, 4) is 6.19 Å². The fraction of sp³-hybridized carbons (Fsp3) is 0.750. The van der Waals surface area contributed by atoms with E-state index in [0.29, 0.717) is 6.04 Å². The number of halogens is 1. The number of nitrogens with zero attached hydrogens (tertiary/aromatic N) is 1. The zero-order valence-electron chi connectivity index (χ0n) is 3.85. The van der Waals surface area contributed by atoms with Crippen LogP contribution >= 0.6 is 12.4 Å². The van der Waals surface area contributed by atoms with E-state index in [1.54, 1.807) is 0 Å². The van der Waals surface area contributed by atoms with Crippen molar-refractivity contribution in [2.45, 2.75) is 18.9 Å². The maximum Gasteiger partial charge on any atom is 0.176 e. The zero-order chi connectivity index (χ0) is 4.41. The van der Waals surface area contributed by atoms with Gasteiger partial charge in [0, 0.05) is 6.04 Å². The fourth-order valence-electron chi connectivity index (χ4n) is 0.319. The molecule has 1 aliphatic carbocycles. The van der Waals surface area contributed by atoms with Crippen LogP contribution in [0.1, 0.15) is 12.8 Å². The summed E-state index contributed by atoms with van der Waals surface area (Å²) < 4.78 is 0. The number of nitriles is 1. The van der Waals surface area contributed by atoms with Crippen molar-refractivity contribution in [2.24, 2.45) is 0 Å². The highest BCUT2D eigenvalue weighted by Gasteiger charge is 2.19. The van der Waals surface area contributed by atoms with Crippen molar-refractivity contribution in [2.75, 3.05) is 0 Å². The first kappa shape index (κ1) is 6.58. The molecule has 0 bridgehead atoms. The van der Waals surface area contributed by atoms with Crippen molar-refractivity contribution in [1.82, 2.24) is 5.32 Å². The van der Waals surface area contributed by atoms with E-state index in [2.05, 4.69) is 5.32 Å². The van der Waals surface area contributed by atoms with Crippen LogP contribution in [0, 0.1) is 11.5 Å². The van der Waals surface area contributed by atoms with Gasteiger partial charge in [0.2, 0.25) is 0 Å². The molecule has 0 atom stereocenters. The van der Waals surface area contributed by atoms with E-state index in [0.717, 1.165) is 0 Å². The Hall–Kier alpha value is -0.420. The highest BCUT2D eigenvalue weighted by molar-refractivity contribution is 5.85. The summed E-state index contributed by atoms with van der Waals surface area (Å²) in [6.45, 7) is 0. The van der Waals surface area contributed by atoms with Gasteiger partial charge >= 0.3 is 0 Å². The van der Waals surface area contributed by atoms with Crippen LogP contribution in [0.2, 0.25) is 0 Å². The van der Waals surface area contributed by atoms with E-state index < -0.39 is 0 Å². The number of hydrogen-bond acceptors (Lipinski definition) is 2. The molecule has 3 heteroatoms. The van der Waals surface area contributed by atoms with Crippen molar-refractivity contribution in [1.29, 1.82) is 5.26 Å². The van der Waals surface area contributed by atoms with Crippen LogP contribution in [-0.2, 0) is 0 Å². The van der Waals surface area contributed by atoms with Gasteiger partial charge in [-0.3, -0.25) is 0 Å². The normalized spacial score (nSPS) is 16.4. The van der Waals surface area contributed by atoms with Gasteiger partial charge in [-0.2, -0.15) is 5.26 Å². The summed E-state index contributed by atoms with van der Waals surface area (Å²) in [5.41, 5.74) is 0. The van der Waals surface area contributed by atoms with E-state index >= 15 is 0 Å². The lowest BCUT2D eigenvalue weighted by Crippen LogP contribution is -2.05. The molecule has 7 heavy (non-hydrogen) atoms. The Labute approximate surface area is 48.9 Å². The molecule has 0 heterocycles. The third-order valence-corrected chi connectivity index (χ3v) is 0.846. The first-order valence-corrected chi connectivity index (χ1v) is 2.08. The summed E-state index contributed by atoms with van der Waals surface area (Å²) in [6, 6.07) is 0.537. The number of nitrogens with one attached hydrogen (secondary N) is 1. The van der Waals surface area contributed by atoms with Crippen LogP contribution in [0.25, 0.3) is 0 Å². The maximum atomic E-state index is 7.92. The molecule has 1 saturated carbocycles. The lowest BCUT2D eigenvalue weighted by atomic mass is 10.7. The van der Waals surface area contributed by atoms with Crippen LogP contribution in [0.3, 0.4) is 0 Å². The predicted molar refractivity (Wildman–Crippen MR) is 29.0 cm³/mol. The molecule has 0 aliphatic heterocycles. The van der Waals surface area contributed by atoms with E-state index in [1.807, 2.05) is 6.19 Å². The third-order valence-electron chi connectivity index (χ3n) is 0.846. The minimum absolute atomic E-state index is 0. The second-order valence-electron chi connectivity index (χ2n) is 1.53. The van der Waals surface area contributed by atoms with Crippen molar-refractivity contribution >= 4 is 12.4 Å². The van der Waals surface area contributed by atoms with Crippen molar-refractivity contribution < 1.29 is 0 Å². The van der Waals surface area contributed by atoms with Crippen LogP contribution in [0.15, 0.2) is 0 Å². The fourth-order valence-corrected chi connectivity index (χ4v) is 0.319. The summed E-state index contributed by atoms with van der Waals surface area (Å²) >= 11 is 0. The zero-order valence-corrected chi connectivity index (χ0v) is 4.66. The second kappa shape index (κ2) is 2.70. The second-order valence-corrected chi connectivity index (χ2v) is 1.53. The first-order valence-electron chi connectivity index (χ1n) is 2.08. The summed E-state index contributed by atoms with van der Waals surface area (Å²) in [6.07, 6.45) is 4.26. The molecular formula is C4H7ClN2. The summed E-state index contributed by atoms with van der Waals surface area (Å²) in [5, 5.41) is 10.5. The van der Waals surface area contributed by atoms with E-state index in [4.69, 9.17) is 5.26 Å². The van der Waals surface area contributed by atoms with Gasteiger partial charge in [0.25, 0.3) is 0 Å². The quantitative estimate of drug-likeness (QED) is 0.405. The minimum Gasteiger partial charge on any atom is -0.321 e. The Balaban J connectivity index is 0.000000360. The summed E-state index contributed by atoms with van der Waals surface area (Å²) in [4.78, 5) is 0. The molecule has 1 N–H and O–H groups in total. The molecule has 0 spiro atoms. The molecule has 1 aliphatic rings. The maximum absolute atomic E-state index is 7.92. The lowest BCUT2D eigenvalue weighted by Gasteiger charge is -1.79. The Kier molecular flexibility index (Phi) is 2.54. The number of hydrogen-bond donors (Lipinski definition) is 1. The van der Waals surface area contributed by atoms with Gasteiger partial charge in [0.05, 0.1) is 0 Å². The largest absolute Gasteiger partial charge is 0.321 e. The number of rotatable bonds is 1. The van der Waals surface area contributed by atoms with E-state index in [9.17, 15) is 0 Å². The van der Waals surface area contributed by atoms with Gasteiger partial charge in [-0.1, -0.05) is 0 Å². The van der Waals surface area contributed by atoms with Gasteiger partial charge < -0.3 is 5.32 Å². The predicted octanol–water partition coefficient (Wildman–Crippen LogP) is 0.641. The van der Waals surface area contributed by atoms with Crippen molar-refractivity contribution in [3.63, 3.8) is 0 Å². The molecule has 0 unspecified atom stereocenters. The molecule has 1 fully saturated rings. The molecule has 0 aromatic rings. The Morgan fingerprint density at radius 3 is 2.29 bits per heavy atom. The molecule has 0 saturated heterocycles. The summed E-state index contributed by atoms with van der Waals surface area (Å²) in [5.74, 6) is 0. The van der Waals surface area contributed by atoms with Gasteiger partial charge in [0.15, 0.2) is 6.19 Å². The average Bonchev–Trinajstić information content (AvgIpc) is 2.21. The van der Waals surface area contributed by atoms with Crippen LogP contribution in [0.4, 0.5) is 0 Å². The molecule has 2 nitrogen and oxygen atoms in total. The standard InChI is InChI=1S/C4H6N2.ClH/c5-3-6-4-1-2-4;/h4,6H,1-2H2;1H. The molecular weight excluding hydrogens is 112 g/mol. The topological polar surface area (TPSA) is 35.8 Å². The highest BCUT2D eigenvalue weighted by atomic mass is 35.5. The molecule has 0 aromatic carbocycles. The third kappa shape index (κ3) is 2.30. The smallest absolute Gasteiger partial charge is 0.176 e. The van der Waals surface area contributed by atoms with Gasteiger partial charge in [0.1, 0.15) is 0 Å². The lowest BCUT2D eigenvalue weighted by molar-refractivity contribution is 0.877. The monoisotopic (exact) mass is 118 g/mol. The van der Waals surface area contributed by atoms with Crippen LogP contribution in [-0.4, -0.2) is 6.04 Å².